The fourth-order valence-corrected chi connectivity index (χ4v) is 2.00. The van der Waals surface area contributed by atoms with Crippen molar-refractivity contribution in [3.63, 3.8) is 0 Å². The average Bonchev–Trinajstić information content (AvgIpc) is 2.38. The van der Waals surface area contributed by atoms with Crippen LogP contribution < -0.4 is 10.5 Å². The Balaban J connectivity index is 2.69. The van der Waals surface area contributed by atoms with E-state index in [1.54, 1.807) is 7.11 Å². The van der Waals surface area contributed by atoms with Crippen molar-refractivity contribution in [2.45, 2.75) is 26.5 Å². The van der Waals surface area contributed by atoms with E-state index in [9.17, 15) is 0 Å². The van der Waals surface area contributed by atoms with E-state index in [1.165, 1.54) is 0 Å². The summed E-state index contributed by atoms with van der Waals surface area (Å²) in [6, 6.07) is 5.77. The highest BCUT2D eigenvalue weighted by atomic mass is 32.1. The van der Waals surface area contributed by atoms with Crippen molar-refractivity contribution in [2.24, 2.45) is 5.73 Å². The van der Waals surface area contributed by atoms with Crippen LogP contribution in [0.1, 0.15) is 25.0 Å². The summed E-state index contributed by atoms with van der Waals surface area (Å²) >= 11 is 5.02. The lowest BCUT2D eigenvalue weighted by Gasteiger charge is -2.19. The van der Waals surface area contributed by atoms with Crippen molar-refractivity contribution in [3.8, 4) is 5.75 Å². The summed E-state index contributed by atoms with van der Waals surface area (Å²) in [5, 5.41) is 0. The van der Waals surface area contributed by atoms with Gasteiger partial charge >= 0.3 is 0 Å². The quantitative estimate of drug-likeness (QED) is 0.745. The van der Waals surface area contributed by atoms with Crippen LogP contribution in [0.25, 0.3) is 0 Å². The highest BCUT2D eigenvalue weighted by molar-refractivity contribution is 7.80. The average molecular weight is 296 g/mol. The molecule has 0 radical (unpaired) electrons. The highest BCUT2D eigenvalue weighted by Crippen LogP contribution is 2.21. The number of ether oxygens (including phenoxy) is 2. The Morgan fingerprint density at radius 1 is 1.40 bits per heavy atom. The molecule has 0 spiro atoms. The van der Waals surface area contributed by atoms with Crippen LogP contribution in [0.5, 0.6) is 5.75 Å². The molecule has 0 fully saturated rings. The Morgan fingerprint density at radius 3 is 2.65 bits per heavy atom. The van der Waals surface area contributed by atoms with Gasteiger partial charge in [0.25, 0.3) is 0 Å². The van der Waals surface area contributed by atoms with Crippen LogP contribution in [0.2, 0.25) is 0 Å². The zero-order valence-electron chi connectivity index (χ0n) is 12.7. The summed E-state index contributed by atoms with van der Waals surface area (Å²) < 4.78 is 10.9. The largest absolute Gasteiger partial charge is 0.496 e. The third-order valence-electron chi connectivity index (χ3n) is 2.93. The fraction of sp³-hybridized carbons (Fsp3) is 0.533. The van der Waals surface area contributed by atoms with Crippen LogP contribution in [0.4, 0.5) is 0 Å². The molecule has 0 unspecified atom stereocenters. The van der Waals surface area contributed by atoms with Gasteiger partial charge in [-0.3, -0.25) is 4.90 Å². The number of hydrogen-bond acceptors (Lipinski definition) is 4. The monoisotopic (exact) mass is 296 g/mol. The molecule has 0 saturated heterocycles. The molecule has 0 aliphatic heterocycles. The highest BCUT2D eigenvalue weighted by Gasteiger charge is 2.09. The second-order valence-corrected chi connectivity index (χ2v) is 5.49. The van der Waals surface area contributed by atoms with Crippen LogP contribution in [0.3, 0.4) is 0 Å². The number of methoxy groups -OCH3 is 1. The van der Waals surface area contributed by atoms with Gasteiger partial charge in [-0.05, 0) is 39.1 Å². The Kier molecular flexibility index (Phi) is 6.91. The van der Waals surface area contributed by atoms with E-state index in [1.807, 2.05) is 32.0 Å². The van der Waals surface area contributed by atoms with E-state index in [0.717, 1.165) is 30.0 Å². The van der Waals surface area contributed by atoms with Gasteiger partial charge in [-0.2, -0.15) is 0 Å². The first-order valence-electron chi connectivity index (χ1n) is 6.71. The third-order valence-corrected chi connectivity index (χ3v) is 3.17. The zero-order chi connectivity index (χ0) is 15.1. The second-order valence-electron chi connectivity index (χ2n) is 5.05. The minimum absolute atomic E-state index is 0.260. The molecular formula is C15H24N2O2S. The molecule has 0 atom stereocenters. The molecule has 1 rings (SSSR count). The first kappa shape index (κ1) is 16.9. The van der Waals surface area contributed by atoms with Gasteiger partial charge in [0.1, 0.15) is 10.7 Å². The lowest BCUT2D eigenvalue weighted by atomic mass is 10.1. The van der Waals surface area contributed by atoms with Gasteiger partial charge in [-0.15, -0.1) is 0 Å². The molecule has 112 valence electrons. The van der Waals surface area contributed by atoms with E-state index in [0.29, 0.717) is 11.6 Å². The van der Waals surface area contributed by atoms with Gasteiger partial charge in [0.05, 0.1) is 19.8 Å². The summed E-state index contributed by atoms with van der Waals surface area (Å²) in [5.41, 5.74) is 7.61. The lowest BCUT2D eigenvalue weighted by Crippen LogP contribution is -2.24. The maximum Gasteiger partial charge on any atom is 0.123 e. The third kappa shape index (κ3) is 5.45. The number of nitrogens with zero attached hydrogens (tertiary/aromatic N) is 1. The molecule has 2 N–H and O–H groups in total. The van der Waals surface area contributed by atoms with Crippen molar-refractivity contribution in [2.75, 3.05) is 27.3 Å². The van der Waals surface area contributed by atoms with Crippen molar-refractivity contribution in [3.05, 3.63) is 29.3 Å². The number of benzene rings is 1. The Bertz CT molecular complexity index is 449. The maximum atomic E-state index is 5.68. The van der Waals surface area contributed by atoms with Crippen molar-refractivity contribution >= 4 is 17.2 Å². The van der Waals surface area contributed by atoms with Crippen LogP contribution in [-0.2, 0) is 11.3 Å². The molecule has 5 heteroatoms. The zero-order valence-corrected chi connectivity index (χ0v) is 13.5. The summed E-state index contributed by atoms with van der Waals surface area (Å²) in [4.78, 5) is 2.59. The van der Waals surface area contributed by atoms with E-state index in [4.69, 9.17) is 27.4 Å². The van der Waals surface area contributed by atoms with Crippen LogP contribution in [0.15, 0.2) is 18.2 Å². The smallest absolute Gasteiger partial charge is 0.123 e. The number of hydrogen-bond donors (Lipinski definition) is 1. The Hall–Kier alpha value is -1.17. The minimum atomic E-state index is 0.260. The molecule has 0 aliphatic carbocycles. The summed E-state index contributed by atoms with van der Waals surface area (Å²) in [6.45, 7) is 6.41. The van der Waals surface area contributed by atoms with Gasteiger partial charge in [0.2, 0.25) is 0 Å². The van der Waals surface area contributed by atoms with Gasteiger partial charge < -0.3 is 15.2 Å². The van der Waals surface area contributed by atoms with Gasteiger partial charge in [-0.25, -0.2) is 0 Å². The molecule has 0 saturated carbocycles. The van der Waals surface area contributed by atoms with Crippen LogP contribution >= 0.6 is 12.2 Å². The second kappa shape index (κ2) is 8.19. The Morgan fingerprint density at radius 2 is 2.10 bits per heavy atom. The SMILES string of the molecule is COc1ccc(C(N)=S)cc1CN(C)CCOC(C)C. The van der Waals surface area contributed by atoms with E-state index in [2.05, 4.69) is 11.9 Å². The van der Waals surface area contributed by atoms with Crippen LogP contribution in [0, 0.1) is 0 Å². The number of rotatable bonds is 8. The number of thiocarbonyl (C=S) groups is 1. The van der Waals surface area contributed by atoms with Gasteiger partial charge in [0, 0.05) is 24.2 Å². The van der Waals surface area contributed by atoms with Crippen LogP contribution in [-0.4, -0.2) is 43.3 Å². The number of likely N-dealkylation sites (N-methyl/N-ethyl adjacent to an activating group) is 1. The first-order valence-corrected chi connectivity index (χ1v) is 7.11. The molecule has 1 aromatic carbocycles. The number of nitrogens with two attached hydrogens (primary N) is 1. The minimum Gasteiger partial charge on any atom is -0.496 e. The molecule has 1 aromatic rings. The summed E-state index contributed by atoms with van der Waals surface area (Å²) in [5.74, 6) is 0.849. The summed E-state index contributed by atoms with van der Waals surface area (Å²) in [6.07, 6.45) is 0.260. The Labute approximate surface area is 126 Å². The molecule has 0 aliphatic rings. The topological polar surface area (TPSA) is 47.7 Å². The van der Waals surface area contributed by atoms with Crippen molar-refractivity contribution < 1.29 is 9.47 Å². The maximum absolute atomic E-state index is 5.68. The van der Waals surface area contributed by atoms with Crippen molar-refractivity contribution in [1.29, 1.82) is 0 Å². The molecule has 0 bridgehead atoms. The van der Waals surface area contributed by atoms with Crippen molar-refractivity contribution in [1.82, 2.24) is 4.90 Å². The molecule has 20 heavy (non-hydrogen) atoms. The molecule has 0 aromatic heterocycles. The summed E-state index contributed by atoms with van der Waals surface area (Å²) in [7, 11) is 3.72. The standard InChI is InChI=1S/C15H24N2O2S/c1-11(2)19-8-7-17(3)10-13-9-12(15(16)20)5-6-14(13)18-4/h5-6,9,11H,7-8,10H2,1-4H3,(H2,16,20). The predicted octanol–water partition coefficient (Wildman–Crippen LogP) is 2.19. The molecular weight excluding hydrogens is 272 g/mol. The van der Waals surface area contributed by atoms with E-state index < -0.39 is 0 Å². The molecule has 0 amide bonds. The molecule has 4 nitrogen and oxygen atoms in total. The van der Waals surface area contributed by atoms with E-state index in [-0.39, 0.29) is 6.10 Å². The van der Waals surface area contributed by atoms with Gasteiger partial charge in [-0.1, -0.05) is 12.2 Å². The predicted molar refractivity (Wildman–Crippen MR) is 86.3 cm³/mol. The van der Waals surface area contributed by atoms with Gasteiger partial charge in [0.15, 0.2) is 0 Å². The molecule has 0 heterocycles. The lowest BCUT2D eigenvalue weighted by molar-refractivity contribution is 0.0626. The fourth-order valence-electron chi connectivity index (χ4n) is 1.87. The first-order chi connectivity index (χ1) is 9.43. The normalized spacial score (nSPS) is 11.1. The van der Waals surface area contributed by atoms with E-state index >= 15 is 0 Å².